The summed E-state index contributed by atoms with van der Waals surface area (Å²) in [6.45, 7) is 3.89. The topological polar surface area (TPSA) is 47.6 Å². The van der Waals surface area contributed by atoms with Gasteiger partial charge in [0.2, 0.25) is 5.91 Å². The number of hydrogen-bond acceptors (Lipinski definition) is 3. The Balaban J connectivity index is 2.10. The van der Waals surface area contributed by atoms with Crippen molar-refractivity contribution >= 4 is 40.9 Å². The third kappa shape index (κ3) is 5.41. The van der Waals surface area contributed by atoms with E-state index < -0.39 is 0 Å². The number of nitrogens with one attached hydrogen (secondary N) is 1. The quantitative estimate of drug-likeness (QED) is 0.679. The Morgan fingerprint density at radius 2 is 1.92 bits per heavy atom. The minimum absolute atomic E-state index is 0.0449. The number of rotatable bonds is 6. The first-order valence-electron chi connectivity index (χ1n) is 7.68. The van der Waals surface area contributed by atoms with Crippen molar-refractivity contribution in [1.29, 1.82) is 0 Å². The number of methoxy groups -OCH3 is 1. The predicted octanol–water partition coefficient (Wildman–Crippen LogP) is 5.44. The van der Waals surface area contributed by atoms with E-state index in [1.165, 1.54) is 6.08 Å². The largest absolute Gasteiger partial charge is 0.493 e. The minimum Gasteiger partial charge on any atom is -0.493 e. The van der Waals surface area contributed by atoms with E-state index in [9.17, 15) is 4.79 Å². The molecule has 0 bridgehead atoms. The molecule has 2 rings (SSSR count). The molecule has 0 aliphatic carbocycles. The van der Waals surface area contributed by atoms with Crippen molar-refractivity contribution in [2.24, 2.45) is 0 Å². The lowest BCUT2D eigenvalue weighted by Crippen LogP contribution is -2.08. The average Bonchev–Trinajstić information content (AvgIpc) is 2.57. The van der Waals surface area contributed by atoms with Gasteiger partial charge in [-0.1, -0.05) is 35.3 Å². The zero-order valence-electron chi connectivity index (χ0n) is 14.2. The number of amides is 1. The lowest BCUT2D eigenvalue weighted by atomic mass is 10.2. The predicted molar refractivity (Wildman–Crippen MR) is 103 cm³/mol. The van der Waals surface area contributed by atoms with E-state index in [1.807, 2.05) is 26.0 Å². The van der Waals surface area contributed by atoms with Crippen molar-refractivity contribution in [3.63, 3.8) is 0 Å². The minimum atomic E-state index is -0.314. The molecular weight excluding hydrogens is 361 g/mol. The molecule has 2 aromatic carbocycles. The van der Waals surface area contributed by atoms with Crippen molar-refractivity contribution in [2.45, 2.75) is 20.0 Å². The Hall–Kier alpha value is -2.17. The number of ether oxygens (including phenoxy) is 2. The summed E-state index contributed by atoms with van der Waals surface area (Å²) in [6.07, 6.45) is 3.13. The zero-order valence-corrected chi connectivity index (χ0v) is 15.7. The molecule has 0 heterocycles. The van der Waals surface area contributed by atoms with E-state index in [1.54, 1.807) is 37.5 Å². The molecule has 0 radical (unpaired) electrons. The van der Waals surface area contributed by atoms with Gasteiger partial charge in [-0.05, 0) is 49.8 Å². The maximum atomic E-state index is 12.1. The van der Waals surface area contributed by atoms with Crippen molar-refractivity contribution in [3.8, 4) is 11.5 Å². The summed E-state index contributed by atoms with van der Waals surface area (Å²) in [4.78, 5) is 12.1. The van der Waals surface area contributed by atoms with Crippen molar-refractivity contribution in [1.82, 2.24) is 0 Å². The first kappa shape index (κ1) is 19.2. The molecule has 0 aliphatic rings. The van der Waals surface area contributed by atoms with Crippen LogP contribution in [0, 0.1) is 0 Å². The normalized spacial score (nSPS) is 11.0. The molecule has 132 valence electrons. The first-order valence-corrected chi connectivity index (χ1v) is 8.44. The van der Waals surface area contributed by atoms with Crippen LogP contribution in [0.1, 0.15) is 19.4 Å². The van der Waals surface area contributed by atoms with Crippen LogP contribution in [0.25, 0.3) is 6.08 Å². The third-order valence-corrected chi connectivity index (χ3v) is 4.01. The van der Waals surface area contributed by atoms with Crippen LogP contribution in [-0.4, -0.2) is 19.1 Å². The highest BCUT2D eigenvalue weighted by molar-refractivity contribution is 6.44. The van der Waals surface area contributed by atoms with E-state index in [4.69, 9.17) is 32.7 Å². The Morgan fingerprint density at radius 1 is 1.16 bits per heavy atom. The fraction of sp³-hybridized carbons (Fsp3) is 0.211. The van der Waals surface area contributed by atoms with E-state index in [2.05, 4.69) is 5.32 Å². The van der Waals surface area contributed by atoms with Crippen LogP contribution in [0.15, 0.2) is 42.5 Å². The number of carbonyl (C=O) groups excluding carboxylic acids is 1. The molecule has 0 fully saturated rings. The second-order valence-electron chi connectivity index (χ2n) is 5.50. The third-order valence-electron chi connectivity index (χ3n) is 3.19. The summed E-state index contributed by atoms with van der Waals surface area (Å²) in [5.74, 6) is 0.949. The summed E-state index contributed by atoms with van der Waals surface area (Å²) in [5, 5.41) is 3.38. The molecule has 25 heavy (non-hydrogen) atoms. The number of benzene rings is 2. The zero-order chi connectivity index (χ0) is 18.4. The van der Waals surface area contributed by atoms with Gasteiger partial charge in [0.05, 0.1) is 28.9 Å². The number of anilines is 1. The van der Waals surface area contributed by atoms with Crippen LogP contribution < -0.4 is 14.8 Å². The summed E-state index contributed by atoms with van der Waals surface area (Å²) in [5.41, 5.74) is 1.27. The number of hydrogen-bond donors (Lipinski definition) is 1. The highest BCUT2D eigenvalue weighted by Gasteiger charge is 2.08. The van der Waals surface area contributed by atoms with Crippen LogP contribution in [0.3, 0.4) is 0 Å². The van der Waals surface area contributed by atoms with Crippen LogP contribution >= 0.6 is 23.2 Å². The van der Waals surface area contributed by atoms with Crippen LogP contribution in [-0.2, 0) is 4.79 Å². The van der Waals surface area contributed by atoms with Gasteiger partial charge in [-0.15, -0.1) is 0 Å². The molecule has 0 saturated carbocycles. The smallest absolute Gasteiger partial charge is 0.248 e. The monoisotopic (exact) mass is 379 g/mol. The Bertz CT molecular complexity index is 788. The van der Waals surface area contributed by atoms with Crippen LogP contribution in [0.4, 0.5) is 5.69 Å². The molecule has 4 nitrogen and oxygen atoms in total. The lowest BCUT2D eigenvalue weighted by Gasteiger charge is -2.13. The lowest BCUT2D eigenvalue weighted by molar-refractivity contribution is -0.111. The number of halogens is 2. The van der Waals surface area contributed by atoms with Crippen molar-refractivity contribution in [2.75, 3.05) is 12.4 Å². The van der Waals surface area contributed by atoms with Gasteiger partial charge >= 0.3 is 0 Å². The van der Waals surface area contributed by atoms with Gasteiger partial charge in [-0.3, -0.25) is 4.79 Å². The molecule has 2 aromatic rings. The van der Waals surface area contributed by atoms with E-state index in [-0.39, 0.29) is 12.0 Å². The summed E-state index contributed by atoms with van der Waals surface area (Å²) in [7, 11) is 1.57. The maximum absolute atomic E-state index is 12.1. The summed E-state index contributed by atoms with van der Waals surface area (Å²) in [6, 6.07) is 10.5. The SMILES string of the molecule is COc1cc(C=CC(=O)Nc2cccc(Cl)c2Cl)ccc1OC(C)C. The first-order chi connectivity index (χ1) is 11.9. The molecule has 0 saturated heterocycles. The van der Waals surface area contributed by atoms with Gasteiger partial charge in [0.15, 0.2) is 11.5 Å². The van der Waals surface area contributed by atoms with Crippen LogP contribution in [0.5, 0.6) is 11.5 Å². The van der Waals surface area contributed by atoms with Gasteiger partial charge in [0, 0.05) is 6.08 Å². The van der Waals surface area contributed by atoms with Gasteiger partial charge in [-0.25, -0.2) is 0 Å². The van der Waals surface area contributed by atoms with E-state index in [0.29, 0.717) is 27.2 Å². The van der Waals surface area contributed by atoms with E-state index >= 15 is 0 Å². The van der Waals surface area contributed by atoms with Crippen LogP contribution in [0.2, 0.25) is 10.0 Å². The van der Waals surface area contributed by atoms with Crippen molar-refractivity contribution < 1.29 is 14.3 Å². The Kier molecular flexibility index (Phi) is 6.73. The second kappa shape index (κ2) is 8.79. The van der Waals surface area contributed by atoms with E-state index in [0.717, 1.165) is 5.56 Å². The Morgan fingerprint density at radius 3 is 2.60 bits per heavy atom. The summed E-state index contributed by atoms with van der Waals surface area (Å²) >= 11 is 12.0. The second-order valence-corrected chi connectivity index (χ2v) is 6.29. The van der Waals surface area contributed by atoms with Gasteiger partial charge in [-0.2, -0.15) is 0 Å². The molecule has 6 heteroatoms. The molecule has 1 amide bonds. The Labute approximate surface area is 157 Å². The average molecular weight is 380 g/mol. The fourth-order valence-electron chi connectivity index (χ4n) is 2.09. The summed E-state index contributed by atoms with van der Waals surface area (Å²) < 4.78 is 11.0. The molecule has 0 unspecified atom stereocenters. The van der Waals surface area contributed by atoms with Gasteiger partial charge < -0.3 is 14.8 Å². The maximum Gasteiger partial charge on any atom is 0.248 e. The molecule has 0 atom stereocenters. The molecule has 0 spiro atoms. The molecule has 0 aromatic heterocycles. The molecule has 1 N–H and O–H groups in total. The fourth-order valence-corrected chi connectivity index (χ4v) is 2.43. The standard InChI is InChI=1S/C19H19Cl2NO3/c1-12(2)25-16-9-7-13(11-17(16)24-3)8-10-18(23)22-15-6-4-5-14(20)19(15)21/h4-12H,1-3H3,(H,22,23). The molecular formula is C19H19Cl2NO3. The van der Waals surface area contributed by atoms with Gasteiger partial charge in [0.1, 0.15) is 0 Å². The van der Waals surface area contributed by atoms with Gasteiger partial charge in [0.25, 0.3) is 0 Å². The number of carbonyl (C=O) groups is 1. The molecule has 0 aliphatic heterocycles. The highest BCUT2D eigenvalue weighted by Crippen LogP contribution is 2.30. The highest BCUT2D eigenvalue weighted by atomic mass is 35.5. The van der Waals surface area contributed by atoms with Crippen molar-refractivity contribution in [3.05, 3.63) is 58.1 Å².